The maximum absolute atomic E-state index is 13.4. The van der Waals surface area contributed by atoms with Gasteiger partial charge in [-0.15, -0.1) is 10.2 Å². The van der Waals surface area contributed by atoms with Crippen LogP contribution in [0.5, 0.6) is 0 Å². The maximum atomic E-state index is 13.4. The van der Waals surface area contributed by atoms with Gasteiger partial charge in [-0.05, 0) is 48.9 Å². The van der Waals surface area contributed by atoms with Gasteiger partial charge in [0.05, 0.1) is 17.2 Å². The first-order valence-electron chi connectivity index (χ1n) is 9.76. The maximum Gasteiger partial charge on any atom is 0.256 e. The van der Waals surface area contributed by atoms with E-state index in [1.807, 2.05) is 72.1 Å². The normalized spacial score (nSPS) is 17.2. The Morgan fingerprint density at radius 1 is 1.16 bits per heavy atom. The van der Waals surface area contributed by atoms with Crippen LogP contribution in [0.2, 0.25) is 5.02 Å². The Labute approximate surface area is 187 Å². The molecule has 2 atom stereocenters. The van der Waals surface area contributed by atoms with Gasteiger partial charge < -0.3 is 4.42 Å². The van der Waals surface area contributed by atoms with Crippen LogP contribution < -0.4 is 0 Å². The lowest BCUT2D eigenvalue weighted by atomic mass is 10.0. The van der Waals surface area contributed by atoms with Gasteiger partial charge in [-0.2, -0.15) is 5.10 Å². The third-order valence-electron chi connectivity index (χ3n) is 5.10. The number of halogens is 1. The minimum Gasteiger partial charge on any atom is -0.467 e. The van der Waals surface area contributed by atoms with Crippen molar-refractivity contribution in [1.82, 2.24) is 19.6 Å². The third kappa shape index (κ3) is 3.84. The van der Waals surface area contributed by atoms with E-state index >= 15 is 0 Å². The number of hydrogen-bond acceptors (Lipinski definition) is 6. The van der Waals surface area contributed by atoms with Crippen molar-refractivity contribution < 1.29 is 9.21 Å². The number of thioether (sulfide) groups is 1. The number of rotatable bonds is 5. The Morgan fingerprint density at radius 2 is 2.00 bits per heavy atom. The Kier molecular flexibility index (Phi) is 5.25. The Bertz CT molecular complexity index is 1250. The molecule has 0 unspecified atom stereocenters. The number of pyridine rings is 1. The molecule has 0 radical (unpaired) electrons. The van der Waals surface area contributed by atoms with E-state index in [0.29, 0.717) is 22.4 Å². The molecule has 156 valence electrons. The van der Waals surface area contributed by atoms with Crippen LogP contribution in [0.25, 0.3) is 5.65 Å². The molecule has 1 aliphatic heterocycles. The molecule has 1 aliphatic rings. The van der Waals surface area contributed by atoms with E-state index in [9.17, 15) is 4.79 Å². The fourth-order valence-corrected chi connectivity index (χ4v) is 4.53. The zero-order valence-corrected chi connectivity index (χ0v) is 18.1. The molecule has 0 saturated carbocycles. The number of carbonyl (C=O) groups is 1. The van der Waals surface area contributed by atoms with Crippen LogP contribution in [0.1, 0.15) is 30.7 Å². The van der Waals surface area contributed by atoms with Gasteiger partial charge in [-0.1, -0.05) is 41.6 Å². The lowest BCUT2D eigenvalue weighted by molar-refractivity contribution is -0.132. The molecule has 4 aromatic rings. The minimum absolute atomic E-state index is 0.122. The number of fused-ring (bicyclic) bond motifs is 1. The summed E-state index contributed by atoms with van der Waals surface area (Å²) in [7, 11) is 0. The molecule has 0 N–H and O–H groups in total. The number of nitrogens with zero attached hydrogens (tertiary/aromatic N) is 5. The highest BCUT2D eigenvalue weighted by molar-refractivity contribution is 8.00. The molecule has 0 aliphatic carbocycles. The smallest absolute Gasteiger partial charge is 0.256 e. The van der Waals surface area contributed by atoms with Gasteiger partial charge in [0.2, 0.25) is 0 Å². The highest BCUT2D eigenvalue weighted by atomic mass is 35.5. The SMILES string of the molecule is C[C@H](Sc1nnc2ccccn12)C(=O)N1N=C(c2ccc(Cl)cc2)C[C@H]1c1ccco1. The summed E-state index contributed by atoms with van der Waals surface area (Å²) in [4.78, 5) is 13.4. The Morgan fingerprint density at radius 3 is 2.77 bits per heavy atom. The van der Waals surface area contributed by atoms with E-state index in [1.54, 1.807) is 6.26 Å². The summed E-state index contributed by atoms with van der Waals surface area (Å²) in [6.07, 6.45) is 4.05. The second-order valence-electron chi connectivity index (χ2n) is 7.14. The monoisotopic (exact) mass is 451 g/mol. The molecular weight excluding hydrogens is 434 g/mol. The average molecular weight is 452 g/mol. The van der Waals surface area contributed by atoms with Gasteiger partial charge in [0.25, 0.3) is 5.91 Å². The van der Waals surface area contributed by atoms with E-state index in [-0.39, 0.29) is 11.9 Å². The lowest BCUT2D eigenvalue weighted by Gasteiger charge is -2.22. The molecule has 0 fully saturated rings. The van der Waals surface area contributed by atoms with Crippen molar-refractivity contribution in [3.05, 3.63) is 83.4 Å². The van der Waals surface area contributed by atoms with Gasteiger partial charge in [-0.3, -0.25) is 9.20 Å². The second-order valence-corrected chi connectivity index (χ2v) is 8.89. The fraction of sp³-hybridized carbons (Fsp3) is 0.182. The molecule has 0 spiro atoms. The van der Waals surface area contributed by atoms with Crippen molar-refractivity contribution in [2.75, 3.05) is 0 Å². The molecule has 4 heterocycles. The summed E-state index contributed by atoms with van der Waals surface area (Å²) < 4.78 is 7.49. The highest BCUT2D eigenvalue weighted by Gasteiger charge is 2.37. The molecule has 0 saturated heterocycles. The van der Waals surface area contributed by atoms with Crippen LogP contribution in [0.4, 0.5) is 0 Å². The van der Waals surface area contributed by atoms with Crippen LogP contribution >= 0.6 is 23.4 Å². The van der Waals surface area contributed by atoms with Crippen molar-refractivity contribution >= 4 is 40.6 Å². The van der Waals surface area contributed by atoms with Crippen LogP contribution in [0.15, 0.2) is 81.7 Å². The van der Waals surface area contributed by atoms with Crippen LogP contribution in [0.3, 0.4) is 0 Å². The quantitative estimate of drug-likeness (QED) is 0.406. The van der Waals surface area contributed by atoms with E-state index in [4.69, 9.17) is 16.0 Å². The summed E-state index contributed by atoms with van der Waals surface area (Å²) in [6, 6.07) is 16.5. The lowest BCUT2D eigenvalue weighted by Crippen LogP contribution is -2.33. The first-order chi connectivity index (χ1) is 15.1. The second kappa shape index (κ2) is 8.20. The van der Waals surface area contributed by atoms with Crippen molar-refractivity contribution in [3.63, 3.8) is 0 Å². The first kappa shape index (κ1) is 19.8. The molecule has 9 heteroatoms. The van der Waals surface area contributed by atoms with Crippen molar-refractivity contribution in [2.45, 2.75) is 29.8 Å². The van der Waals surface area contributed by atoms with Crippen LogP contribution in [-0.4, -0.2) is 36.5 Å². The molecular formula is C22H18ClN5O2S. The Balaban J connectivity index is 1.43. The van der Waals surface area contributed by atoms with E-state index in [1.165, 1.54) is 16.8 Å². The number of amides is 1. The summed E-state index contributed by atoms with van der Waals surface area (Å²) in [5, 5.41) is 15.5. The van der Waals surface area contributed by atoms with Crippen LogP contribution in [-0.2, 0) is 4.79 Å². The van der Waals surface area contributed by atoms with Crippen molar-refractivity contribution in [1.29, 1.82) is 0 Å². The van der Waals surface area contributed by atoms with Crippen molar-refractivity contribution in [2.24, 2.45) is 5.10 Å². The number of benzene rings is 1. The topological polar surface area (TPSA) is 76.0 Å². The molecule has 7 nitrogen and oxygen atoms in total. The summed E-state index contributed by atoms with van der Waals surface area (Å²) in [6.45, 7) is 1.85. The fourth-order valence-electron chi connectivity index (χ4n) is 3.53. The van der Waals surface area contributed by atoms with Gasteiger partial charge in [-0.25, -0.2) is 5.01 Å². The predicted molar refractivity (Wildman–Crippen MR) is 119 cm³/mol. The average Bonchev–Trinajstić information content (AvgIpc) is 3.53. The molecule has 1 aromatic carbocycles. The van der Waals surface area contributed by atoms with Gasteiger partial charge in [0.15, 0.2) is 10.8 Å². The number of aromatic nitrogens is 3. The molecule has 5 rings (SSSR count). The zero-order chi connectivity index (χ0) is 21.4. The van der Waals surface area contributed by atoms with E-state index < -0.39 is 5.25 Å². The van der Waals surface area contributed by atoms with E-state index in [2.05, 4.69) is 15.3 Å². The summed E-state index contributed by atoms with van der Waals surface area (Å²) in [5.74, 6) is 0.578. The first-order valence-corrected chi connectivity index (χ1v) is 11.0. The predicted octanol–water partition coefficient (Wildman–Crippen LogP) is 4.83. The number of furan rings is 1. The van der Waals surface area contributed by atoms with Crippen molar-refractivity contribution in [3.8, 4) is 0 Å². The summed E-state index contributed by atoms with van der Waals surface area (Å²) >= 11 is 7.38. The molecule has 0 bridgehead atoms. The number of hydrazone groups is 1. The standard InChI is InChI=1S/C22H18ClN5O2S/c1-14(31-22-25-24-20-6-2-3-11-27(20)22)21(29)28-18(19-5-4-12-30-19)13-17(26-28)15-7-9-16(23)10-8-15/h2-12,14,18H,13H2,1H3/t14-,18-/m0/s1. The largest absolute Gasteiger partial charge is 0.467 e. The number of carbonyl (C=O) groups excluding carboxylic acids is 1. The van der Waals surface area contributed by atoms with Gasteiger partial charge in [0, 0.05) is 17.6 Å². The van der Waals surface area contributed by atoms with E-state index in [0.717, 1.165) is 16.9 Å². The van der Waals surface area contributed by atoms with Gasteiger partial charge >= 0.3 is 0 Å². The minimum atomic E-state index is -0.418. The zero-order valence-electron chi connectivity index (χ0n) is 16.6. The molecule has 3 aromatic heterocycles. The third-order valence-corrected chi connectivity index (χ3v) is 6.39. The van der Waals surface area contributed by atoms with Crippen LogP contribution in [0, 0.1) is 0 Å². The molecule has 1 amide bonds. The Hall–Kier alpha value is -3.10. The molecule has 31 heavy (non-hydrogen) atoms. The summed E-state index contributed by atoms with van der Waals surface area (Å²) in [5.41, 5.74) is 2.49. The van der Waals surface area contributed by atoms with Gasteiger partial charge in [0.1, 0.15) is 11.8 Å². The number of hydrogen-bond donors (Lipinski definition) is 0. The highest BCUT2D eigenvalue weighted by Crippen LogP contribution is 2.35.